The third-order valence-corrected chi connectivity index (χ3v) is 3.89. The molecule has 0 saturated carbocycles. The molecule has 2 N–H and O–H groups in total. The van der Waals surface area contributed by atoms with Crippen LogP contribution in [0.3, 0.4) is 0 Å². The van der Waals surface area contributed by atoms with Gasteiger partial charge in [0.25, 0.3) is 0 Å². The Hall–Kier alpha value is -0.780. The molecule has 0 saturated heterocycles. The summed E-state index contributed by atoms with van der Waals surface area (Å²) in [5.41, 5.74) is 5.87. The largest absolute Gasteiger partial charge is 0.326 e. The van der Waals surface area contributed by atoms with E-state index >= 15 is 0 Å². The van der Waals surface area contributed by atoms with Gasteiger partial charge in [-0.05, 0) is 34.1 Å². The lowest BCUT2D eigenvalue weighted by atomic mass is 10.2. The first-order valence-corrected chi connectivity index (χ1v) is 6.16. The van der Waals surface area contributed by atoms with Crippen LogP contribution in [0.15, 0.2) is 28.7 Å². The topological polar surface area (TPSA) is 26.0 Å². The second kappa shape index (κ2) is 4.61. The van der Waals surface area contributed by atoms with E-state index < -0.39 is 11.6 Å². The van der Waals surface area contributed by atoms with Crippen molar-refractivity contribution in [1.82, 2.24) is 0 Å². The number of rotatable bonds is 2. The van der Waals surface area contributed by atoms with Crippen LogP contribution in [0.4, 0.5) is 8.78 Å². The Morgan fingerprint density at radius 1 is 1.19 bits per heavy atom. The van der Waals surface area contributed by atoms with E-state index in [1.54, 1.807) is 6.07 Å². The first-order valence-electron chi connectivity index (χ1n) is 4.55. The number of thiophene rings is 1. The van der Waals surface area contributed by atoms with Crippen LogP contribution in [0, 0.1) is 11.6 Å². The zero-order valence-electron chi connectivity index (χ0n) is 8.14. The molecule has 5 heteroatoms. The quantitative estimate of drug-likeness (QED) is 0.836. The van der Waals surface area contributed by atoms with Crippen LogP contribution >= 0.6 is 27.3 Å². The van der Waals surface area contributed by atoms with Gasteiger partial charge in [0.15, 0.2) is 0 Å². The lowest BCUT2D eigenvalue weighted by Crippen LogP contribution is -1.91. The van der Waals surface area contributed by atoms with Crippen molar-refractivity contribution in [3.05, 3.63) is 45.2 Å². The molecule has 1 aromatic carbocycles. The van der Waals surface area contributed by atoms with Gasteiger partial charge in [0.1, 0.15) is 11.6 Å². The molecule has 0 atom stereocenters. The van der Waals surface area contributed by atoms with E-state index in [4.69, 9.17) is 5.73 Å². The molecule has 0 aliphatic rings. The van der Waals surface area contributed by atoms with Crippen molar-refractivity contribution in [3.8, 4) is 10.4 Å². The first kappa shape index (κ1) is 11.7. The number of benzene rings is 1. The third-order valence-electron chi connectivity index (χ3n) is 2.14. The maximum Gasteiger partial charge on any atom is 0.140 e. The molecule has 0 aliphatic heterocycles. The van der Waals surface area contributed by atoms with Gasteiger partial charge in [0.05, 0.1) is 4.47 Å². The summed E-state index contributed by atoms with van der Waals surface area (Å²) >= 11 is 4.45. The van der Waals surface area contributed by atoms with Crippen LogP contribution in [-0.4, -0.2) is 0 Å². The molecule has 0 spiro atoms. The van der Waals surface area contributed by atoms with E-state index in [-0.39, 0.29) is 4.47 Å². The molecule has 0 radical (unpaired) electrons. The van der Waals surface area contributed by atoms with Gasteiger partial charge in [-0.1, -0.05) is 0 Å². The number of hydrogen-bond acceptors (Lipinski definition) is 2. The average molecular weight is 304 g/mol. The van der Waals surface area contributed by atoms with Crippen LogP contribution in [-0.2, 0) is 6.54 Å². The van der Waals surface area contributed by atoms with Crippen molar-refractivity contribution >= 4 is 27.3 Å². The summed E-state index contributed by atoms with van der Waals surface area (Å²) < 4.78 is 26.8. The van der Waals surface area contributed by atoms with Crippen LogP contribution in [0.5, 0.6) is 0 Å². The van der Waals surface area contributed by atoms with Crippen LogP contribution in [0.1, 0.15) is 4.88 Å². The Balaban J connectivity index is 2.51. The minimum Gasteiger partial charge on any atom is -0.326 e. The molecule has 0 amide bonds. The van der Waals surface area contributed by atoms with Crippen LogP contribution < -0.4 is 5.73 Å². The van der Waals surface area contributed by atoms with Gasteiger partial charge in [-0.15, -0.1) is 11.3 Å². The lowest BCUT2D eigenvalue weighted by Gasteiger charge is -2.02. The van der Waals surface area contributed by atoms with Crippen molar-refractivity contribution in [2.24, 2.45) is 5.73 Å². The Kier molecular flexibility index (Phi) is 3.37. The van der Waals surface area contributed by atoms with E-state index in [2.05, 4.69) is 15.9 Å². The molecular formula is C11H8BrF2NS. The maximum atomic E-state index is 13.5. The normalized spacial score (nSPS) is 10.8. The highest BCUT2D eigenvalue weighted by atomic mass is 79.9. The predicted octanol–water partition coefficient (Wildman–Crippen LogP) is 3.91. The smallest absolute Gasteiger partial charge is 0.140 e. The van der Waals surface area contributed by atoms with Crippen molar-refractivity contribution in [2.75, 3.05) is 0 Å². The van der Waals surface area contributed by atoms with Gasteiger partial charge in [-0.2, -0.15) is 0 Å². The van der Waals surface area contributed by atoms with Gasteiger partial charge in [0, 0.05) is 27.9 Å². The molecule has 1 heterocycles. The summed E-state index contributed by atoms with van der Waals surface area (Å²) in [6, 6.07) is 5.95. The SMILES string of the molecule is NCc1ccc(-c2cc(Br)c(F)cc2F)s1. The summed E-state index contributed by atoms with van der Waals surface area (Å²) in [6.07, 6.45) is 0. The molecular weight excluding hydrogens is 296 g/mol. The standard InChI is InChI=1S/C11H8BrF2NS/c12-8-3-7(9(13)4-10(8)14)11-2-1-6(5-15)16-11/h1-4H,5,15H2. The first-order chi connectivity index (χ1) is 7.61. The summed E-state index contributed by atoms with van der Waals surface area (Å²) in [7, 11) is 0. The maximum absolute atomic E-state index is 13.5. The minimum absolute atomic E-state index is 0.256. The summed E-state index contributed by atoms with van der Waals surface area (Å²) in [5, 5.41) is 0. The fraction of sp³-hybridized carbons (Fsp3) is 0.0909. The van der Waals surface area contributed by atoms with Crippen molar-refractivity contribution in [3.63, 3.8) is 0 Å². The fourth-order valence-corrected chi connectivity index (χ4v) is 2.59. The Bertz CT molecular complexity index is 525. The van der Waals surface area contributed by atoms with Crippen LogP contribution in [0.2, 0.25) is 0 Å². The Labute approximate surface area is 104 Å². The van der Waals surface area contributed by atoms with Crippen molar-refractivity contribution in [2.45, 2.75) is 6.54 Å². The molecule has 0 fully saturated rings. The van der Waals surface area contributed by atoms with E-state index in [1.807, 2.05) is 6.07 Å². The Morgan fingerprint density at radius 3 is 2.56 bits per heavy atom. The second-order valence-electron chi connectivity index (χ2n) is 3.22. The summed E-state index contributed by atoms with van der Waals surface area (Å²) in [5.74, 6) is -1.16. The lowest BCUT2D eigenvalue weighted by molar-refractivity contribution is 0.581. The van der Waals surface area contributed by atoms with Gasteiger partial charge in [0.2, 0.25) is 0 Å². The zero-order valence-corrected chi connectivity index (χ0v) is 10.5. The molecule has 2 rings (SSSR count). The van der Waals surface area contributed by atoms with Crippen molar-refractivity contribution in [1.29, 1.82) is 0 Å². The van der Waals surface area contributed by atoms with E-state index in [0.29, 0.717) is 12.1 Å². The molecule has 1 aromatic heterocycles. The highest BCUT2D eigenvalue weighted by Gasteiger charge is 2.11. The highest BCUT2D eigenvalue weighted by Crippen LogP contribution is 2.33. The molecule has 16 heavy (non-hydrogen) atoms. The van der Waals surface area contributed by atoms with E-state index in [1.165, 1.54) is 17.4 Å². The molecule has 1 nitrogen and oxygen atoms in total. The highest BCUT2D eigenvalue weighted by molar-refractivity contribution is 9.10. The molecule has 0 aliphatic carbocycles. The van der Waals surface area contributed by atoms with Gasteiger partial charge >= 0.3 is 0 Å². The minimum atomic E-state index is -0.600. The van der Waals surface area contributed by atoms with Gasteiger partial charge in [-0.25, -0.2) is 8.78 Å². The number of halogens is 3. The van der Waals surface area contributed by atoms with Crippen molar-refractivity contribution < 1.29 is 8.78 Å². The molecule has 0 unspecified atom stereocenters. The van der Waals surface area contributed by atoms with E-state index in [0.717, 1.165) is 15.8 Å². The Morgan fingerprint density at radius 2 is 1.94 bits per heavy atom. The summed E-state index contributed by atoms with van der Waals surface area (Å²) in [4.78, 5) is 1.72. The zero-order chi connectivity index (χ0) is 11.7. The molecule has 0 bridgehead atoms. The molecule has 2 aromatic rings. The number of hydrogen-bond donors (Lipinski definition) is 1. The predicted molar refractivity (Wildman–Crippen MR) is 65.3 cm³/mol. The molecule has 84 valence electrons. The third kappa shape index (κ3) is 2.16. The van der Waals surface area contributed by atoms with Gasteiger partial charge in [-0.3, -0.25) is 0 Å². The van der Waals surface area contributed by atoms with E-state index in [9.17, 15) is 8.78 Å². The van der Waals surface area contributed by atoms with Gasteiger partial charge < -0.3 is 5.73 Å². The fourth-order valence-electron chi connectivity index (χ4n) is 1.34. The summed E-state index contributed by atoms with van der Waals surface area (Å²) in [6.45, 7) is 0.425. The second-order valence-corrected chi connectivity index (χ2v) is 5.24. The van der Waals surface area contributed by atoms with Crippen LogP contribution in [0.25, 0.3) is 10.4 Å². The number of nitrogens with two attached hydrogens (primary N) is 1. The monoisotopic (exact) mass is 303 g/mol. The average Bonchev–Trinajstić information content (AvgIpc) is 2.71.